The molecule has 1 unspecified atom stereocenters. The number of carboxylic acids is 1. The van der Waals surface area contributed by atoms with Crippen molar-refractivity contribution in [2.45, 2.75) is 38.4 Å². The molecule has 27 heavy (non-hydrogen) atoms. The molecule has 4 nitrogen and oxygen atoms in total. The van der Waals surface area contributed by atoms with Crippen molar-refractivity contribution in [3.8, 4) is 0 Å². The molecular weight excluding hydrogens is 359 g/mol. The average Bonchev–Trinajstić information content (AvgIpc) is 2.55. The van der Waals surface area contributed by atoms with Gasteiger partial charge in [0.15, 0.2) is 0 Å². The van der Waals surface area contributed by atoms with E-state index in [0.717, 1.165) is 23.3 Å². The van der Waals surface area contributed by atoms with Crippen molar-refractivity contribution in [1.82, 2.24) is 5.32 Å². The minimum Gasteiger partial charge on any atom is -0.481 e. The summed E-state index contributed by atoms with van der Waals surface area (Å²) in [5.41, 5.74) is 1.31. The van der Waals surface area contributed by atoms with Gasteiger partial charge in [0.1, 0.15) is 0 Å². The van der Waals surface area contributed by atoms with Crippen LogP contribution in [0.25, 0.3) is 0 Å². The summed E-state index contributed by atoms with van der Waals surface area (Å²) in [7, 11) is 0. The van der Waals surface area contributed by atoms with Gasteiger partial charge >= 0.3 is 12.1 Å². The molecule has 2 rings (SSSR count). The number of nitrogens with one attached hydrogen (secondary N) is 1. The monoisotopic (exact) mass is 379 g/mol. The second kappa shape index (κ2) is 8.70. The summed E-state index contributed by atoms with van der Waals surface area (Å²) in [4.78, 5) is 23.3. The molecule has 2 N–H and O–H groups in total. The Kier molecular flexibility index (Phi) is 6.60. The van der Waals surface area contributed by atoms with E-state index >= 15 is 0 Å². The predicted molar refractivity (Wildman–Crippen MR) is 94.2 cm³/mol. The zero-order chi connectivity index (χ0) is 20.0. The highest BCUT2D eigenvalue weighted by Gasteiger charge is 2.30. The quantitative estimate of drug-likeness (QED) is 0.770. The fourth-order valence-electron chi connectivity index (χ4n) is 2.72. The van der Waals surface area contributed by atoms with Gasteiger partial charge in [-0.2, -0.15) is 13.2 Å². The van der Waals surface area contributed by atoms with Crippen LogP contribution >= 0.6 is 0 Å². The molecule has 0 saturated carbocycles. The Hall–Kier alpha value is -2.83. The third kappa shape index (κ3) is 6.77. The summed E-state index contributed by atoms with van der Waals surface area (Å²) in [6.07, 6.45) is -4.69. The zero-order valence-corrected chi connectivity index (χ0v) is 14.7. The first kappa shape index (κ1) is 20.5. The van der Waals surface area contributed by atoms with E-state index in [2.05, 4.69) is 5.32 Å². The van der Waals surface area contributed by atoms with Crippen molar-refractivity contribution < 1.29 is 27.9 Å². The maximum atomic E-state index is 12.8. The van der Waals surface area contributed by atoms with Crippen LogP contribution in [-0.4, -0.2) is 23.0 Å². The molecule has 1 amide bonds. The molecule has 0 aliphatic carbocycles. The smallest absolute Gasteiger partial charge is 0.416 e. The number of aliphatic carboxylic acids is 1. The molecule has 1 atom stereocenters. The third-order valence-electron chi connectivity index (χ3n) is 4.01. The number of carbonyl (C=O) groups excluding carboxylic acids is 1. The molecule has 2 aromatic rings. The zero-order valence-electron chi connectivity index (χ0n) is 14.7. The lowest BCUT2D eigenvalue weighted by molar-refractivity contribution is -0.138. The molecule has 0 aliphatic heterocycles. The summed E-state index contributed by atoms with van der Waals surface area (Å²) >= 11 is 0. The van der Waals surface area contributed by atoms with Crippen molar-refractivity contribution in [2.75, 3.05) is 0 Å². The van der Waals surface area contributed by atoms with Crippen LogP contribution in [0.4, 0.5) is 13.2 Å². The number of aryl methyl sites for hydroxylation is 1. The molecule has 0 aromatic heterocycles. The number of benzene rings is 2. The minimum atomic E-state index is -4.48. The number of rotatable bonds is 7. The van der Waals surface area contributed by atoms with Crippen molar-refractivity contribution in [3.63, 3.8) is 0 Å². The second-order valence-corrected chi connectivity index (χ2v) is 6.43. The van der Waals surface area contributed by atoms with Crippen molar-refractivity contribution in [3.05, 3.63) is 70.8 Å². The Labute approximate surface area is 155 Å². The Bertz CT molecular complexity index is 801. The number of hydrogen-bond acceptors (Lipinski definition) is 2. The van der Waals surface area contributed by atoms with Crippen LogP contribution in [-0.2, 0) is 28.6 Å². The van der Waals surface area contributed by atoms with Gasteiger partial charge in [-0.15, -0.1) is 0 Å². The molecule has 0 heterocycles. The standard InChI is InChI=1S/C20H20F3NO3/c1-13-5-7-14(8-6-13)10-17(12-19(26)27)24-18(25)11-15-3-2-4-16(9-15)20(21,22)23/h2-9,17H,10-12H2,1H3,(H,24,25)(H,26,27). The van der Waals surface area contributed by atoms with E-state index in [1.54, 1.807) is 0 Å². The number of carbonyl (C=O) groups is 2. The van der Waals surface area contributed by atoms with Crippen LogP contribution in [0.3, 0.4) is 0 Å². The Morgan fingerprint density at radius 2 is 1.74 bits per heavy atom. The number of alkyl halides is 3. The SMILES string of the molecule is Cc1ccc(CC(CC(=O)O)NC(=O)Cc2cccc(C(F)(F)F)c2)cc1. The maximum Gasteiger partial charge on any atom is 0.416 e. The van der Waals surface area contributed by atoms with Gasteiger partial charge in [0, 0.05) is 6.04 Å². The number of hydrogen-bond donors (Lipinski definition) is 2. The van der Waals surface area contributed by atoms with E-state index in [-0.39, 0.29) is 18.4 Å². The average molecular weight is 379 g/mol. The van der Waals surface area contributed by atoms with E-state index in [0.29, 0.717) is 6.42 Å². The van der Waals surface area contributed by atoms with Crippen molar-refractivity contribution in [2.24, 2.45) is 0 Å². The van der Waals surface area contributed by atoms with Gasteiger partial charge in [-0.1, -0.05) is 48.0 Å². The summed E-state index contributed by atoms with van der Waals surface area (Å²) in [5.74, 6) is -1.58. The molecule has 0 saturated heterocycles. The Morgan fingerprint density at radius 1 is 1.07 bits per heavy atom. The van der Waals surface area contributed by atoms with Gasteiger partial charge in [-0.3, -0.25) is 9.59 Å². The van der Waals surface area contributed by atoms with E-state index in [1.807, 2.05) is 31.2 Å². The fraction of sp³-hybridized carbons (Fsp3) is 0.300. The molecule has 144 valence electrons. The molecule has 2 aromatic carbocycles. The Balaban J connectivity index is 2.05. The highest BCUT2D eigenvalue weighted by atomic mass is 19.4. The van der Waals surface area contributed by atoms with Gasteiger partial charge in [-0.25, -0.2) is 0 Å². The van der Waals surface area contributed by atoms with Gasteiger partial charge in [0.2, 0.25) is 5.91 Å². The highest BCUT2D eigenvalue weighted by Crippen LogP contribution is 2.29. The van der Waals surface area contributed by atoms with E-state index in [1.165, 1.54) is 12.1 Å². The summed E-state index contributed by atoms with van der Waals surface area (Å²) in [6.45, 7) is 1.93. The van der Waals surface area contributed by atoms with E-state index < -0.39 is 29.7 Å². The normalized spacial score (nSPS) is 12.4. The topological polar surface area (TPSA) is 66.4 Å². The predicted octanol–water partition coefficient (Wildman–Crippen LogP) is 3.76. The molecule has 0 bridgehead atoms. The third-order valence-corrected chi connectivity index (χ3v) is 4.01. The lowest BCUT2D eigenvalue weighted by atomic mass is 10.0. The number of halogens is 3. The van der Waals surface area contributed by atoms with Crippen LogP contribution in [0, 0.1) is 6.92 Å². The minimum absolute atomic E-state index is 0.215. The fourth-order valence-corrected chi connectivity index (χ4v) is 2.72. The molecule has 0 spiro atoms. The van der Waals surface area contributed by atoms with Crippen LogP contribution in [0.5, 0.6) is 0 Å². The van der Waals surface area contributed by atoms with Crippen molar-refractivity contribution >= 4 is 11.9 Å². The summed E-state index contributed by atoms with van der Waals surface area (Å²) in [6, 6.07) is 11.4. The van der Waals surface area contributed by atoms with E-state index in [4.69, 9.17) is 5.11 Å². The van der Waals surface area contributed by atoms with Gasteiger partial charge in [0.25, 0.3) is 0 Å². The van der Waals surface area contributed by atoms with Crippen LogP contribution in [0.1, 0.15) is 28.7 Å². The molecule has 0 radical (unpaired) electrons. The van der Waals surface area contributed by atoms with Gasteiger partial charge in [-0.05, 0) is 30.5 Å². The van der Waals surface area contributed by atoms with Crippen LogP contribution in [0.2, 0.25) is 0 Å². The van der Waals surface area contributed by atoms with Crippen LogP contribution in [0.15, 0.2) is 48.5 Å². The van der Waals surface area contributed by atoms with Crippen LogP contribution < -0.4 is 5.32 Å². The number of amides is 1. The summed E-state index contributed by atoms with van der Waals surface area (Å²) < 4.78 is 38.3. The lowest BCUT2D eigenvalue weighted by Crippen LogP contribution is -2.39. The van der Waals surface area contributed by atoms with Gasteiger partial charge in [0.05, 0.1) is 18.4 Å². The first-order chi connectivity index (χ1) is 12.6. The molecule has 7 heteroatoms. The first-order valence-corrected chi connectivity index (χ1v) is 8.36. The summed E-state index contributed by atoms with van der Waals surface area (Å²) in [5, 5.41) is 11.7. The number of carboxylic acid groups (broad SMARTS) is 1. The highest BCUT2D eigenvalue weighted by molar-refractivity contribution is 5.79. The van der Waals surface area contributed by atoms with Gasteiger partial charge < -0.3 is 10.4 Å². The molecule has 0 fully saturated rings. The maximum absolute atomic E-state index is 12.8. The largest absolute Gasteiger partial charge is 0.481 e. The molecular formula is C20H20F3NO3. The van der Waals surface area contributed by atoms with E-state index in [9.17, 15) is 22.8 Å². The first-order valence-electron chi connectivity index (χ1n) is 8.36. The Morgan fingerprint density at radius 3 is 2.33 bits per heavy atom. The van der Waals surface area contributed by atoms with Crippen molar-refractivity contribution in [1.29, 1.82) is 0 Å². The lowest BCUT2D eigenvalue weighted by Gasteiger charge is -2.17. The molecule has 0 aliphatic rings. The second-order valence-electron chi connectivity index (χ2n) is 6.43.